The minimum atomic E-state index is 0.372. The molecule has 8 fully saturated rings. The van der Waals surface area contributed by atoms with Crippen molar-refractivity contribution < 1.29 is 4.79 Å². The molecule has 0 heterocycles. The molecule has 0 aromatic heterocycles. The first kappa shape index (κ1) is 47.8. The largest absolute Gasteiger partial charge is 0.338 e. The van der Waals surface area contributed by atoms with E-state index in [9.17, 15) is 4.79 Å². The molecule has 0 aromatic carbocycles. The highest BCUT2D eigenvalue weighted by atomic mass is 16.2. The summed E-state index contributed by atoms with van der Waals surface area (Å²) >= 11 is 0. The fourth-order valence-corrected chi connectivity index (χ4v) is 14.3. The van der Waals surface area contributed by atoms with Gasteiger partial charge in [-0.25, -0.2) is 0 Å². The molecule has 0 aromatic rings. The molecule has 5 heteroatoms. The molecule has 8 saturated carbocycles. The number of unbranched alkanes of at least 4 members (excludes halogenated alkanes) is 7. The first-order valence-electron chi connectivity index (χ1n) is 26.1. The van der Waals surface area contributed by atoms with Gasteiger partial charge in [0.2, 0.25) is 5.91 Å². The van der Waals surface area contributed by atoms with Crippen LogP contribution < -0.4 is 11.1 Å². The van der Waals surface area contributed by atoms with Crippen LogP contribution in [0.25, 0.3) is 0 Å². The summed E-state index contributed by atoms with van der Waals surface area (Å²) < 4.78 is 0. The maximum absolute atomic E-state index is 13.6. The molecule has 0 saturated heterocycles. The minimum Gasteiger partial charge on any atom is -0.338 e. The fourth-order valence-electron chi connectivity index (χ4n) is 14.3. The average molecular weight is 827 g/mol. The molecule has 0 spiro atoms. The molecule has 5 nitrogen and oxygen atoms in total. The molecule has 8 aliphatic rings. The van der Waals surface area contributed by atoms with Gasteiger partial charge >= 0.3 is 0 Å². The highest BCUT2D eigenvalue weighted by molar-refractivity contribution is 5.76. The zero-order chi connectivity index (χ0) is 42.4. The number of carbonyl (C=O) groups is 1. The second kappa shape index (κ2) is 24.4. The second-order valence-electron chi connectivity index (χ2n) is 22.3. The molecular weight excluding hydrogens is 733 g/mol. The van der Waals surface area contributed by atoms with Gasteiger partial charge < -0.3 is 16.0 Å². The van der Waals surface area contributed by atoms with E-state index in [1.54, 1.807) is 0 Å². The van der Waals surface area contributed by atoms with Crippen molar-refractivity contribution in [2.24, 2.45) is 59.0 Å². The third-order valence-electron chi connectivity index (χ3n) is 17.0. The van der Waals surface area contributed by atoms with E-state index in [0.29, 0.717) is 18.4 Å². The molecular formula is C55H94N4O. The van der Waals surface area contributed by atoms with Crippen LogP contribution >= 0.6 is 0 Å². The SMILES string of the molecule is CC(C)=CCC/C(C)=C/CN(CCNC1C2CC3CC(C2)CC1C3)C(=O)CCCCCCCCCCC1C2CC3CC1CC(C2)C3N(C/C=C(\C)CCC=C(C)C)CCN. The molecule has 60 heavy (non-hydrogen) atoms. The lowest BCUT2D eigenvalue weighted by Crippen LogP contribution is -2.59. The lowest BCUT2D eigenvalue weighted by molar-refractivity contribution is -0.130. The van der Waals surface area contributed by atoms with Gasteiger partial charge in [0.25, 0.3) is 0 Å². The van der Waals surface area contributed by atoms with Crippen molar-refractivity contribution in [3.8, 4) is 0 Å². The minimum absolute atomic E-state index is 0.372. The van der Waals surface area contributed by atoms with E-state index in [2.05, 4.69) is 81.0 Å². The van der Waals surface area contributed by atoms with Crippen LogP contribution in [0.3, 0.4) is 0 Å². The summed E-state index contributed by atoms with van der Waals surface area (Å²) in [5.74, 6) is 8.99. The monoisotopic (exact) mass is 827 g/mol. The van der Waals surface area contributed by atoms with Crippen molar-refractivity contribution in [2.75, 3.05) is 39.3 Å². The van der Waals surface area contributed by atoms with Crippen LogP contribution in [0.2, 0.25) is 0 Å². The van der Waals surface area contributed by atoms with Crippen LogP contribution in [0, 0.1) is 53.3 Å². The molecule has 0 aliphatic heterocycles. The van der Waals surface area contributed by atoms with E-state index < -0.39 is 0 Å². The Morgan fingerprint density at radius 3 is 1.62 bits per heavy atom. The van der Waals surface area contributed by atoms with Crippen LogP contribution in [0.4, 0.5) is 0 Å². The summed E-state index contributed by atoms with van der Waals surface area (Å²) in [6, 6.07) is 1.47. The Hall–Kier alpha value is -1.69. The van der Waals surface area contributed by atoms with Gasteiger partial charge in [-0.1, -0.05) is 91.5 Å². The van der Waals surface area contributed by atoms with Crippen LogP contribution in [0.15, 0.2) is 46.6 Å². The van der Waals surface area contributed by atoms with Gasteiger partial charge in [-0.3, -0.25) is 9.69 Å². The number of hydrogen-bond acceptors (Lipinski definition) is 4. The van der Waals surface area contributed by atoms with E-state index in [4.69, 9.17) is 5.73 Å². The summed E-state index contributed by atoms with van der Waals surface area (Å²) in [6.45, 7) is 18.9. The predicted molar refractivity (Wildman–Crippen MR) is 257 cm³/mol. The molecule has 0 radical (unpaired) electrons. The number of nitrogens with zero attached hydrogens (tertiary/aromatic N) is 2. The molecule has 8 bridgehead atoms. The quantitative estimate of drug-likeness (QED) is 0.0609. The Morgan fingerprint density at radius 2 is 1.08 bits per heavy atom. The third-order valence-corrected chi connectivity index (χ3v) is 17.0. The molecule has 8 aliphatic carbocycles. The number of hydrogen-bond donors (Lipinski definition) is 2. The topological polar surface area (TPSA) is 61.6 Å². The number of nitrogens with one attached hydrogen (secondary N) is 1. The van der Waals surface area contributed by atoms with E-state index >= 15 is 0 Å². The number of allylic oxidation sites excluding steroid dienone is 6. The van der Waals surface area contributed by atoms with E-state index in [1.807, 2.05) is 0 Å². The van der Waals surface area contributed by atoms with Gasteiger partial charge in [0.15, 0.2) is 0 Å². The molecule has 3 N–H and O–H groups in total. The molecule has 0 unspecified atom stereocenters. The molecule has 340 valence electrons. The smallest absolute Gasteiger partial charge is 0.222 e. The summed E-state index contributed by atoms with van der Waals surface area (Å²) in [6.07, 6.45) is 40.1. The summed E-state index contributed by atoms with van der Waals surface area (Å²) in [5, 5.41) is 4.01. The molecule has 8 rings (SSSR count). The Bertz CT molecular complexity index is 1370. The maximum Gasteiger partial charge on any atom is 0.222 e. The van der Waals surface area contributed by atoms with E-state index in [1.165, 1.54) is 144 Å². The van der Waals surface area contributed by atoms with Crippen LogP contribution in [0.1, 0.15) is 189 Å². The van der Waals surface area contributed by atoms with Crippen molar-refractivity contribution in [1.29, 1.82) is 0 Å². The highest BCUT2D eigenvalue weighted by Crippen LogP contribution is 2.59. The Labute approximate surface area is 370 Å². The van der Waals surface area contributed by atoms with Crippen LogP contribution in [0.5, 0.6) is 0 Å². The standard InChI is InChI=1S/C55H94N4O/c1-40(2)17-15-19-42(5)23-27-58(30-26-57-54-48-32-44-31-45(34-48)35-49(54)33-44)53(60)22-14-12-10-8-7-9-11-13-21-52-46-36-50-38-47(52)39-51(37-46)55(50)59(29-25-56)28-24-43(6)20-16-18-41(3)4/h17-18,23-24,44-52,54-55,57H,7-16,19-22,25-39,56H2,1-6H3/b42-23+,43-24+. The lowest BCUT2D eigenvalue weighted by Gasteiger charge is -2.60. The number of rotatable bonds is 28. The number of carbonyl (C=O) groups excluding carboxylic acids is 1. The van der Waals surface area contributed by atoms with Gasteiger partial charge in [0.05, 0.1) is 0 Å². The Morgan fingerprint density at radius 1 is 0.567 bits per heavy atom. The summed E-state index contributed by atoms with van der Waals surface area (Å²) in [4.78, 5) is 18.6. The fraction of sp³-hybridized carbons (Fsp3) is 0.836. The van der Waals surface area contributed by atoms with Gasteiger partial charge in [-0.2, -0.15) is 0 Å². The van der Waals surface area contributed by atoms with Crippen molar-refractivity contribution in [3.05, 3.63) is 46.6 Å². The highest BCUT2D eigenvalue weighted by Gasteiger charge is 2.53. The van der Waals surface area contributed by atoms with Gasteiger partial charge in [-0.15, -0.1) is 0 Å². The first-order chi connectivity index (χ1) is 29.1. The van der Waals surface area contributed by atoms with Crippen molar-refractivity contribution in [2.45, 2.75) is 201 Å². The van der Waals surface area contributed by atoms with Crippen molar-refractivity contribution >= 4 is 5.91 Å². The number of amides is 1. The molecule has 0 atom stereocenters. The maximum atomic E-state index is 13.6. The van der Waals surface area contributed by atoms with Crippen molar-refractivity contribution in [1.82, 2.24) is 15.1 Å². The second-order valence-corrected chi connectivity index (χ2v) is 22.3. The van der Waals surface area contributed by atoms with Gasteiger partial charge in [0.1, 0.15) is 0 Å². The predicted octanol–water partition coefficient (Wildman–Crippen LogP) is 12.8. The Kier molecular flexibility index (Phi) is 19.4. The lowest BCUT2D eigenvalue weighted by atomic mass is 9.49. The third kappa shape index (κ3) is 14.2. The Balaban J connectivity index is 0.837. The zero-order valence-electron chi connectivity index (χ0n) is 40.0. The van der Waals surface area contributed by atoms with Crippen molar-refractivity contribution in [3.63, 3.8) is 0 Å². The first-order valence-corrected chi connectivity index (χ1v) is 26.1. The molecule has 1 amide bonds. The van der Waals surface area contributed by atoms with E-state index in [-0.39, 0.29) is 0 Å². The van der Waals surface area contributed by atoms with Gasteiger partial charge in [0, 0.05) is 57.8 Å². The normalized spacial score (nSPS) is 31.6. The summed E-state index contributed by atoms with van der Waals surface area (Å²) in [7, 11) is 0. The zero-order valence-corrected chi connectivity index (χ0v) is 40.0. The number of nitrogens with two attached hydrogens (primary N) is 1. The van der Waals surface area contributed by atoms with E-state index in [0.717, 1.165) is 118 Å². The van der Waals surface area contributed by atoms with Gasteiger partial charge in [-0.05, 0) is 191 Å². The van der Waals surface area contributed by atoms with Crippen LogP contribution in [-0.4, -0.2) is 67.1 Å². The summed E-state index contributed by atoms with van der Waals surface area (Å²) in [5.41, 5.74) is 12.0. The average Bonchev–Trinajstić information content (AvgIpc) is 3.19. The van der Waals surface area contributed by atoms with Crippen LogP contribution in [-0.2, 0) is 4.79 Å².